The fourth-order valence-electron chi connectivity index (χ4n) is 1.99. The van der Waals surface area contributed by atoms with Gasteiger partial charge in [0, 0.05) is 25.8 Å². The molecule has 0 spiro atoms. The number of hydrogen-bond acceptors (Lipinski definition) is 5. The van der Waals surface area contributed by atoms with Crippen molar-refractivity contribution in [2.75, 3.05) is 26.6 Å². The van der Waals surface area contributed by atoms with Crippen LogP contribution in [0, 0.1) is 6.92 Å². The molecule has 0 amide bonds. The van der Waals surface area contributed by atoms with Gasteiger partial charge in [-0.05, 0) is 30.7 Å². The zero-order chi connectivity index (χ0) is 14.5. The van der Waals surface area contributed by atoms with E-state index in [4.69, 9.17) is 9.47 Å². The van der Waals surface area contributed by atoms with Crippen molar-refractivity contribution in [2.24, 2.45) is 0 Å². The Bertz CT molecular complexity index is 600. The number of nitrogens with zero attached hydrogens (tertiary/aromatic N) is 2. The number of ether oxygens (including phenoxy) is 2. The quantitative estimate of drug-likeness (QED) is 0.907. The van der Waals surface area contributed by atoms with Gasteiger partial charge in [-0.15, -0.1) is 0 Å². The first-order chi connectivity index (χ1) is 9.67. The summed E-state index contributed by atoms with van der Waals surface area (Å²) in [4.78, 5) is 9.00. The molecular weight excluding hydrogens is 254 g/mol. The average molecular weight is 273 g/mol. The van der Waals surface area contributed by atoms with Crippen molar-refractivity contribution in [3.8, 4) is 17.1 Å². The molecule has 0 fully saturated rings. The largest absolute Gasteiger partial charge is 0.496 e. The van der Waals surface area contributed by atoms with Crippen LogP contribution in [0.1, 0.15) is 11.3 Å². The van der Waals surface area contributed by atoms with Crippen LogP contribution in [0.2, 0.25) is 0 Å². The summed E-state index contributed by atoms with van der Waals surface area (Å²) in [5.74, 6) is 2.31. The van der Waals surface area contributed by atoms with Crippen molar-refractivity contribution in [2.45, 2.75) is 13.5 Å². The molecule has 1 N–H and O–H groups in total. The van der Waals surface area contributed by atoms with E-state index in [1.54, 1.807) is 14.2 Å². The van der Waals surface area contributed by atoms with Crippen LogP contribution in [0.5, 0.6) is 5.75 Å². The lowest BCUT2D eigenvalue weighted by atomic mass is 10.1. The Kier molecular flexibility index (Phi) is 4.53. The van der Waals surface area contributed by atoms with Crippen molar-refractivity contribution in [1.29, 1.82) is 0 Å². The number of hydrogen-bond donors (Lipinski definition) is 1. The second-order valence-electron chi connectivity index (χ2n) is 4.44. The molecule has 0 radical (unpaired) electrons. The number of aromatic nitrogens is 2. The molecule has 5 heteroatoms. The average Bonchev–Trinajstić information content (AvgIpc) is 2.47. The molecule has 0 aliphatic rings. The van der Waals surface area contributed by atoms with E-state index >= 15 is 0 Å². The third-order valence-electron chi connectivity index (χ3n) is 2.98. The Balaban J connectivity index is 2.45. The zero-order valence-electron chi connectivity index (χ0n) is 12.2. The Morgan fingerprint density at radius 3 is 2.55 bits per heavy atom. The lowest BCUT2D eigenvalue weighted by Crippen LogP contribution is -2.02. The Morgan fingerprint density at radius 1 is 1.15 bits per heavy atom. The Morgan fingerprint density at radius 2 is 1.95 bits per heavy atom. The molecule has 0 saturated carbocycles. The summed E-state index contributed by atoms with van der Waals surface area (Å²) >= 11 is 0. The molecule has 0 bridgehead atoms. The van der Waals surface area contributed by atoms with Gasteiger partial charge < -0.3 is 14.8 Å². The predicted octanol–water partition coefficient (Wildman–Crippen LogP) is 2.65. The van der Waals surface area contributed by atoms with E-state index in [0.717, 1.165) is 28.4 Å². The van der Waals surface area contributed by atoms with Gasteiger partial charge in [0.25, 0.3) is 0 Å². The predicted molar refractivity (Wildman–Crippen MR) is 79.0 cm³/mol. The van der Waals surface area contributed by atoms with Crippen LogP contribution in [0.4, 0.5) is 5.82 Å². The van der Waals surface area contributed by atoms with Crippen molar-refractivity contribution in [3.05, 3.63) is 35.5 Å². The summed E-state index contributed by atoms with van der Waals surface area (Å²) in [7, 11) is 5.15. The van der Waals surface area contributed by atoms with E-state index in [1.807, 2.05) is 38.2 Å². The van der Waals surface area contributed by atoms with Gasteiger partial charge in [-0.25, -0.2) is 9.97 Å². The third kappa shape index (κ3) is 3.05. The van der Waals surface area contributed by atoms with Gasteiger partial charge >= 0.3 is 0 Å². The molecule has 1 aromatic carbocycles. The van der Waals surface area contributed by atoms with Crippen LogP contribution >= 0.6 is 0 Å². The fourth-order valence-corrected chi connectivity index (χ4v) is 1.99. The van der Waals surface area contributed by atoms with Crippen LogP contribution in [-0.4, -0.2) is 31.2 Å². The van der Waals surface area contributed by atoms with Crippen LogP contribution in [0.3, 0.4) is 0 Å². The molecule has 1 heterocycles. The third-order valence-corrected chi connectivity index (χ3v) is 2.98. The number of methoxy groups -OCH3 is 2. The van der Waals surface area contributed by atoms with Crippen molar-refractivity contribution in [3.63, 3.8) is 0 Å². The lowest BCUT2D eigenvalue weighted by Gasteiger charge is -2.09. The molecule has 0 aliphatic carbocycles. The second-order valence-corrected chi connectivity index (χ2v) is 4.44. The molecule has 0 unspecified atom stereocenters. The van der Waals surface area contributed by atoms with Crippen molar-refractivity contribution < 1.29 is 9.47 Å². The van der Waals surface area contributed by atoms with Crippen LogP contribution < -0.4 is 10.1 Å². The monoisotopic (exact) mass is 273 g/mol. The number of rotatable bonds is 5. The summed E-state index contributed by atoms with van der Waals surface area (Å²) < 4.78 is 10.4. The highest BCUT2D eigenvalue weighted by atomic mass is 16.5. The van der Waals surface area contributed by atoms with Gasteiger partial charge in [-0.2, -0.15) is 0 Å². The lowest BCUT2D eigenvalue weighted by molar-refractivity contribution is 0.181. The van der Waals surface area contributed by atoms with Gasteiger partial charge in [0.2, 0.25) is 0 Å². The Hall–Kier alpha value is -2.14. The molecule has 2 aromatic rings. The van der Waals surface area contributed by atoms with Crippen LogP contribution in [-0.2, 0) is 11.3 Å². The minimum atomic E-state index is 0.458. The van der Waals surface area contributed by atoms with Gasteiger partial charge in [-0.1, -0.05) is 0 Å². The molecule has 0 atom stereocenters. The van der Waals surface area contributed by atoms with Gasteiger partial charge in [0.1, 0.15) is 11.6 Å². The minimum Gasteiger partial charge on any atom is -0.496 e. The van der Waals surface area contributed by atoms with E-state index in [-0.39, 0.29) is 0 Å². The van der Waals surface area contributed by atoms with Crippen LogP contribution in [0.15, 0.2) is 24.3 Å². The maximum atomic E-state index is 5.27. The minimum absolute atomic E-state index is 0.458. The number of benzene rings is 1. The molecule has 5 nitrogen and oxygen atoms in total. The van der Waals surface area contributed by atoms with E-state index in [2.05, 4.69) is 15.3 Å². The molecular formula is C15H19N3O2. The van der Waals surface area contributed by atoms with E-state index in [1.165, 1.54) is 0 Å². The summed E-state index contributed by atoms with van der Waals surface area (Å²) in [5.41, 5.74) is 2.85. The Labute approximate surface area is 119 Å². The molecule has 0 aliphatic heterocycles. The highest BCUT2D eigenvalue weighted by Gasteiger charge is 2.08. The normalized spacial score (nSPS) is 10.4. The van der Waals surface area contributed by atoms with Gasteiger partial charge in [0.15, 0.2) is 5.82 Å². The molecule has 20 heavy (non-hydrogen) atoms. The maximum absolute atomic E-state index is 5.27. The highest BCUT2D eigenvalue weighted by molar-refractivity contribution is 5.60. The summed E-state index contributed by atoms with van der Waals surface area (Å²) in [6.45, 7) is 2.46. The van der Waals surface area contributed by atoms with E-state index in [9.17, 15) is 0 Å². The van der Waals surface area contributed by atoms with Crippen molar-refractivity contribution in [1.82, 2.24) is 9.97 Å². The smallest absolute Gasteiger partial charge is 0.161 e. The molecule has 106 valence electrons. The fraction of sp³-hybridized carbons (Fsp3) is 0.333. The summed E-state index contributed by atoms with van der Waals surface area (Å²) in [6, 6.07) is 7.78. The second kappa shape index (κ2) is 6.34. The number of aryl methyl sites for hydroxylation is 1. The zero-order valence-corrected chi connectivity index (χ0v) is 12.2. The van der Waals surface area contributed by atoms with E-state index in [0.29, 0.717) is 12.4 Å². The topological polar surface area (TPSA) is 56.3 Å². The van der Waals surface area contributed by atoms with Gasteiger partial charge in [0.05, 0.1) is 19.4 Å². The first-order valence-corrected chi connectivity index (χ1v) is 6.37. The molecule has 1 aromatic heterocycles. The number of nitrogens with one attached hydrogen (secondary N) is 1. The summed E-state index contributed by atoms with van der Waals surface area (Å²) in [6.07, 6.45) is 0. The molecule has 2 rings (SSSR count). The molecule has 0 saturated heterocycles. The van der Waals surface area contributed by atoms with Gasteiger partial charge in [-0.3, -0.25) is 0 Å². The SMILES string of the molecule is CNc1cc(COC)nc(-c2ccc(OC)c(C)c2)n1. The highest BCUT2D eigenvalue weighted by Crippen LogP contribution is 2.25. The first-order valence-electron chi connectivity index (χ1n) is 6.37. The first kappa shape index (κ1) is 14.3. The maximum Gasteiger partial charge on any atom is 0.161 e. The number of anilines is 1. The van der Waals surface area contributed by atoms with Crippen LogP contribution in [0.25, 0.3) is 11.4 Å². The summed E-state index contributed by atoms with van der Waals surface area (Å²) in [5, 5.41) is 3.04. The standard InChI is InChI=1S/C15H19N3O2/c1-10-7-11(5-6-13(10)20-4)15-17-12(9-19-3)8-14(16-2)18-15/h5-8H,9H2,1-4H3,(H,16,17,18). The van der Waals surface area contributed by atoms with E-state index < -0.39 is 0 Å². The van der Waals surface area contributed by atoms with Crippen molar-refractivity contribution >= 4 is 5.82 Å².